The molecule has 0 atom stereocenters. The Bertz CT molecular complexity index is 694. The van der Waals surface area contributed by atoms with Crippen molar-refractivity contribution < 1.29 is 8.42 Å². The number of aromatic amines is 1. The van der Waals surface area contributed by atoms with Crippen molar-refractivity contribution >= 4 is 15.8 Å². The largest absolute Gasteiger partial charge is 0.363 e. The molecule has 1 fully saturated rings. The molecule has 0 saturated heterocycles. The van der Waals surface area contributed by atoms with Crippen molar-refractivity contribution in [3.05, 3.63) is 24.2 Å². The molecular weight excluding hydrogens is 306 g/mol. The molecule has 2 aromatic rings. The van der Waals surface area contributed by atoms with Crippen molar-refractivity contribution in [3.8, 4) is 0 Å². The first-order chi connectivity index (χ1) is 10.6. The van der Waals surface area contributed by atoms with Gasteiger partial charge in [-0.1, -0.05) is 18.1 Å². The van der Waals surface area contributed by atoms with Gasteiger partial charge in [0.1, 0.15) is 10.7 Å². The minimum atomic E-state index is -3.50. The Morgan fingerprint density at radius 3 is 2.73 bits per heavy atom. The predicted octanol–water partition coefficient (Wildman–Crippen LogP) is 0.428. The van der Waals surface area contributed by atoms with Crippen LogP contribution in [0.4, 0.5) is 5.82 Å². The van der Waals surface area contributed by atoms with E-state index < -0.39 is 10.0 Å². The van der Waals surface area contributed by atoms with E-state index in [0.29, 0.717) is 18.2 Å². The van der Waals surface area contributed by atoms with E-state index in [1.807, 2.05) is 0 Å². The van der Waals surface area contributed by atoms with E-state index in [0.717, 1.165) is 25.7 Å². The van der Waals surface area contributed by atoms with Gasteiger partial charge < -0.3 is 5.32 Å². The lowest BCUT2D eigenvalue weighted by molar-refractivity contribution is 0.552. The molecule has 9 nitrogen and oxygen atoms in total. The van der Waals surface area contributed by atoms with Gasteiger partial charge in [-0.2, -0.15) is 5.21 Å². The Kier molecular flexibility index (Phi) is 4.29. The van der Waals surface area contributed by atoms with E-state index in [4.69, 9.17) is 0 Å². The summed E-state index contributed by atoms with van der Waals surface area (Å²) >= 11 is 0. The number of H-pyrrole nitrogens is 1. The molecular formula is C12H17N7O2S. The first-order valence-corrected chi connectivity index (χ1v) is 8.56. The summed E-state index contributed by atoms with van der Waals surface area (Å²) in [6.07, 6.45) is 5.29. The first kappa shape index (κ1) is 14.9. The predicted molar refractivity (Wildman–Crippen MR) is 78.3 cm³/mol. The molecule has 1 saturated carbocycles. The zero-order valence-electron chi connectivity index (χ0n) is 11.9. The van der Waals surface area contributed by atoms with Crippen molar-refractivity contribution in [2.24, 2.45) is 0 Å². The van der Waals surface area contributed by atoms with Crippen LogP contribution in [-0.2, 0) is 16.6 Å². The molecule has 0 aliphatic heterocycles. The van der Waals surface area contributed by atoms with Gasteiger partial charge in [0.05, 0.1) is 6.54 Å². The summed E-state index contributed by atoms with van der Waals surface area (Å²) in [4.78, 5) is 4.27. The van der Waals surface area contributed by atoms with Gasteiger partial charge >= 0.3 is 0 Å². The summed E-state index contributed by atoms with van der Waals surface area (Å²) in [5, 5.41) is 16.4. The number of sulfonamides is 1. The molecule has 22 heavy (non-hydrogen) atoms. The van der Waals surface area contributed by atoms with E-state index in [2.05, 4.69) is 35.6 Å². The maximum atomic E-state index is 12.2. The normalized spacial score (nSPS) is 16.0. The molecule has 0 aromatic carbocycles. The van der Waals surface area contributed by atoms with E-state index in [1.54, 1.807) is 6.07 Å². The van der Waals surface area contributed by atoms with E-state index in [1.165, 1.54) is 12.3 Å². The number of tetrazole rings is 1. The second-order valence-corrected chi connectivity index (χ2v) is 6.88. The second kappa shape index (κ2) is 6.36. The fraction of sp³-hybridized carbons (Fsp3) is 0.500. The highest BCUT2D eigenvalue weighted by Gasteiger charge is 2.23. The summed E-state index contributed by atoms with van der Waals surface area (Å²) in [5.41, 5.74) is 0. The Hall–Kier alpha value is -2.07. The topological polar surface area (TPSA) is 126 Å². The van der Waals surface area contributed by atoms with Gasteiger partial charge in [0.15, 0.2) is 5.82 Å². The quantitative estimate of drug-likeness (QED) is 0.703. The maximum absolute atomic E-state index is 12.2. The molecule has 2 heterocycles. The molecule has 118 valence electrons. The average Bonchev–Trinajstić information content (AvgIpc) is 3.18. The monoisotopic (exact) mass is 323 g/mol. The molecule has 1 aliphatic rings. The van der Waals surface area contributed by atoms with Crippen LogP contribution in [0.25, 0.3) is 0 Å². The SMILES string of the molecule is O=S(=O)(NC1CCCC1)c1ccc(NCc2nn[nH]n2)nc1. The smallest absolute Gasteiger partial charge is 0.242 e. The first-order valence-electron chi connectivity index (χ1n) is 7.08. The molecule has 0 spiro atoms. The van der Waals surface area contributed by atoms with Crippen LogP contribution in [0, 0.1) is 0 Å². The highest BCUT2D eigenvalue weighted by molar-refractivity contribution is 7.89. The molecule has 1 aliphatic carbocycles. The van der Waals surface area contributed by atoms with E-state index in [-0.39, 0.29) is 10.9 Å². The molecule has 2 aromatic heterocycles. The summed E-state index contributed by atoms with van der Waals surface area (Å²) in [7, 11) is -3.50. The number of rotatable bonds is 6. The third kappa shape index (κ3) is 3.57. The Labute approximate surface area is 128 Å². The highest BCUT2D eigenvalue weighted by atomic mass is 32.2. The van der Waals surface area contributed by atoms with Gasteiger partial charge in [0.2, 0.25) is 10.0 Å². The molecule has 0 unspecified atom stereocenters. The fourth-order valence-corrected chi connectivity index (χ4v) is 3.65. The van der Waals surface area contributed by atoms with Crippen LogP contribution in [0.5, 0.6) is 0 Å². The number of hydrogen-bond acceptors (Lipinski definition) is 7. The van der Waals surface area contributed by atoms with Gasteiger partial charge in [-0.05, 0) is 25.0 Å². The summed E-state index contributed by atoms with van der Waals surface area (Å²) in [6, 6.07) is 3.19. The molecule has 10 heteroatoms. The Balaban J connectivity index is 1.62. The van der Waals surface area contributed by atoms with Crippen molar-refractivity contribution in [1.82, 2.24) is 30.3 Å². The number of pyridine rings is 1. The van der Waals surface area contributed by atoms with Crippen molar-refractivity contribution in [2.75, 3.05) is 5.32 Å². The molecule has 0 bridgehead atoms. The van der Waals surface area contributed by atoms with Gasteiger partial charge in [0.25, 0.3) is 0 Å². The van der Waals surface area contributed by atoms with Gasteiger partial charge in [-0.15, -0.1) is 10.2 Å². The maximum Gasteiger partial charge on any atom is 0.242 e. The number of nitrogens with zero attached hydrogens (tertiary/aromatic N) is 4. The highest BCUT2D eigenvalue weighted by Crippen LogP contribution is 2.20. The minimum Gasteiger partial charge on any atom is -0.363 e. The molecule has 3 N–H and O–H groups in total. The molecule has 3 rings (SSSR count). The van der Waals surface area contributed by atoms with Gasteiger partial charge in [0, 0.05) is 12.2 Å². The fourth-order valence-electron chi connectivity index (χ4n) is 2.40. The van der Waals surface area contributed by atoms with Crippen LogP contribution >= 0.6 is 0 Å². The second-order valence-electron chi connectivity index (χ2n) is 5.16. The third-order valence-corrected chi connectivity index (χ3v) is 5.05. The Morgan fingerprint density at radius 2 is 2.09 bits per heavy atom. The molecule has 0 radical (unpaired) electrons. The lowest BCUT2D eigenvalue weighted by atomic mass is 10.3. The number of nitrogens with one attached hydrogen (secondary N) is 3. The van der Waals surface area contributed by atoms with Crippen LogP contribution in [0.3, 0.4) is 0 Å². The van der Waals surface area contributed by atoms with Crippen LogP contribution in [-0.4, -0.2) is 40.1 Å². The van der Waals surface area contributed by atoms with Crippen molar-refractivity contribution in [2.45, 2.75) is 43.2 Å². The van der Waals surface area contributed by atoms with Gasteiger partial charge in [-0.25, -0.2) is 18.1 Å². The van der Waals surface area contributed by atoms with Crippen LogP contribution in [0.2, 0.25) is 0 Å². The number of hydrogen-bond donors (Lipinski definition) is 3. The number of aromatic nitrogens is 5. The zero-order chi connectivity index (χ0) is 15.4. The van der Waals surface area contributed by atoms with Crippen molar-refractivity contribution in [1.29, 1.82) is 0 Å². The van der Waals surface area contributed by atoms with Gasteiger partial charge in [-0.3, -0.25) is 0 Å². The summed E-state index contributed by atoms with van der Waals surface area (Å²) in [5.74, 6) is 1.05. The standard InChI is InChI=1S/C12H17N7O2S/c20-22(21,17-9-3-1-2-4-9)10-5-6-11(13-7-10)14-8-12-15-18-19-16-12/h5-7,9,17H,1-4,8H2,(H,13,14)(H,15,16,18,19). The van der Waals surface area contributed by atoms with Crippen LogP contribution in [0.15, 0.2) is 23.2 Å². The summed E-state index contributed by atoms with van der Waals surface area (Å²) in [6.45, 7) is 0.357. The van der Waals surface area contributed by atoms with E-state index in [9.17, 15) is 8.42 Å². The van der Waals surface area contributed by atoms with E-state index >= 15 is 0 Å². The molecule has 0 amide bonds. The van der Waals surface area contributed by atoms with Crippen LogP contribution in [0.1, 0.15) is 31.5 Å². The lowest BCUT2D eigenvalue weighted by Crippen LogP contribution is -2.32. The summed E-state index contributed by atoms with van der Waals surface area (Å²) < 4.78 is 27.2. The average molecular weight is 323 g/mol. The van der Waals surface area contributed by atoms with Crippen LogP contribution < -0.4 is 10.0 Å². The number of anilines is 1. The third-order valence-electron chi connectivity index (χ3n) is 3.54. The minimum absolute atomic E-state index is 0.0426. The van der Waals surface area contributed by atoms with Crippen molar-refractivity contribution in [3.63, 3.8) is 0 Å². The Morgan fingerprint density at radius 1 is 1.27 bits per heavy atom. The zero-order valence-corrected chi connectivity index (χ0v) is 12.7. The lowest BCUT2D eigenvalue weighted by Gasteiger charge is -2.12.